The maximum Gasteiger partial charge on any atom is 0.193 e. The first-order valence-electron chi connectivity index (χ1n) is 9.07. The van der Waals surface area contributed by atoms with Crippen molar-refractivity contribution in [2.45, 2.75) is 58.3 Å². The molecule has 0 atom stereocenters. The van der Waals surface area contributed by atoms with E-state index in [1.165, 1.54) is 63.0 Å². The normalized spacial score (nSPS) is 19.8. The highest BCUT2D eigenvalue weighted by Crippen LogP contribution is 2.45. The summed E-state index contributed by atoms with van der Waals surface area (Å²) in [6.07, 6.45) is 10.5. The molecule has 0 aromatic carbocycles. The molecule has 2 fully saturated rings. The summed E-state index contributed by atoms with van der Waals surface area (Å²) >= 11 is 1.79. The van der Waals surface area contributed by atoms with Crippen LogP contribution in [0.4, 0.5) is 0 Å². The Bertz CT molecular complexity index is 537. The van der Waals surface area contributed by atoms with Gasteiger partial charge in [-0.2, -0.15) is 0 Å². The molecule has 1 saturated heterocycles. The summed E-state index contributed by atoms with van der Waals surface area (Å²) in [7, 11) is 1.92. The molecule has 2 aliphatic rings. The highest BCUT2D eigenvalue weighted by molar-refractivity contribution is 14.0. The van der Waals surface area contributed by atoms with E-state index in [2.05, 4.69) is 32.5 Å². The minimum Gasteiger partial charge on any atom is -0.356 e. The van der Waals surface area contributed by atoms with E-state index in [-0.39, 0.29) is 24.0 Å². The molecular weight excluding hydrogens is 431 g/mol. The standard InChI is InChI=1S/C18H30N4S.HI/c1-15-13-23-16(21-15)7-3-6-11-20-17(19-2)22-12-10-18(14-22)8-4-5-9-18;/h13H,3-12,14H2,1-2H3,(H,19,20);1H. The summed E-state index contributed by atoms with van der Waals surface area (Å²) in [5.74, 6) is 1.11. The zero-order valence-corrected chi connectivity index (χ0v) is 18.2. The van der Waals surface area contributed by atoms with Crippen LogP contribution in [0, 0.1) is 12.3 Å². The Morgan fingerprint density at radius 3 is 2.79 bits per heavy atom. The zero-order valence-electron chi connectivity index (χ0n) is 15.0. The van der Waals surface area contributed by atoms with Gasteiger partial charge in [-0.25, -0.2) is 4.98 Å². The SMILES string of the molecule is CN=C(NCCCCc1nc(C)cs1)N1CCC2(CCCC2)C1.I. The Hall–Kier alpha value is -0.370. The third-order valence-corrected chi connectivity index (χ3v) is 6.41. The van der Waals surface area contributed by atoms with Crippen LogP contribution >= 0.6 is 35.3 Å². The van der Waals surface area contributed by atoms with Crippen molar-refractivity contribution in [1.82, 2.24) is 15.2 Å². The number of nitrogens with one attached hydrogen (secondary N) is 1. The van der Waals surface area contributed by atoms with E-state index in [0.717, 1.165) is 24.6 Å². The van der Waals surface area contributed by atoms with Crippen molar-refractivity contribution >= 4 is 41.3 Å². The van der Waals surface area contributed by atoms with Gasteiger partial charge >= 0.3 is 0 Å². The number of thiazole rings is 1. The lowest BCUT2D eigenvalue weighted by atomic mass is 9.86. The van der Waals surface area contributed by atoms with Gasteiger partial charge in [-0.3, -0.25) is 4.99 Å². The van der Waals surface area contributed by atoms with Crippen molar-refractivity contribution in [2.75, 3.05) is 26.7 Å². The maximum absolute atomic E-state index is 4.53. The number of halogens is 1. The van der Waals surface area contributed by atoms with Gasteiger partial charge in [0.05, 0.1) is 5.01 Å². The van der Waals surface area contributed by atoms with E-state index in [1.807, 2.05) is 7.05 Å². The van der Waals surface area contributed by atoms with Crippen LogP contribution < -0.4 is 5.32 Å². The van der Waals surface area contributed by atoms with Gasteiger partial charge in [0.1, 0.15) is 0 Å². The highest BCUT2D eigenvalue weighted by atomic mass is 127. The molecular formula is C18H31IN4S. The first-order chi connectivity index (χ1) is 11.2. The Morgan fingerprint density at radius 2 is 2.12 bits per heavy atom. The molecule has 2 heterocycles. The number of aryl methyl sites for hydroxylation is 2. The molecule has 6 heteroatoms. The Labute approximate surface area is 167 Å². The second kappa shape index (κ2) is 9.36. The molecule has 3 rings (SSSR count). The predicted molar refractivity (Wildman–Crippen MR) is 114 cm³/mol. The third kappa shape index (κ3) is 5.07. The van der Waals surface area contributed by atoms with Crippen LogP contribution in [-0.4, -0.2) is 42.5 Å². The second-order valence-corrected chi connectivity index (χ2v) is 8.14. The highest BCUT2D eigenvalue weighted by Gasteiger charge is 2.40. The monoisotopic (exact) mass is 462 g/mol. The van der Waals surface area contributed by atoms with Gasteiger partial charge in [0.25, 0.3) is 0 Å². The van der Waals surface area contributed by atoms with E-state index in [1.54, 1.807) is 11.3 Å². The lowest BCUT2D eigenvalue weighted by molar-refractivity contribution is 0.309. The fourth-order valence-corrected chi connectivity index (χ4v) is 4.92. The number of nitrogens with zero attached hydrogens (tertiary/aromatic N) is 3. The van der Waals surface area contributed by atoms with Crippen molar-refractivity contribution in [3.63, 3.8) is 0 Å². The average molecular weight is 462 g/mol. The first kappa shape index (κ1) is 19.9. The van der Waals surface area contributed by atoms with E-state index < -0.39 is 0 Å². The van der Waals surface area contributed by atoms with Crippen LogP contribution in [0.15, 0.2) is 10.4 Å². The minimum absolute atomic E-state index is 0. The van der Waals surface area contributed by atoms with Crippen LogP contribution in [-0.2, 0) is 6.42 Å². The molecule has 1 N–H and O–H groups in total. The summed E-state index contributed by atoms with van der Waals surface area (Å²) in [5.41, 5.74) is 1.76. The number of aliphatic imine (C=N–C) groups is 1. The molecule has 1 saturated carbocycles. The third-order valence-electron chi connectivity index (χ3n) is 5.38. The molecule has 1 aromatic heterocycles. The van der Waals surface area contributed by atoms with Crippen LogP contribution in [0.25, 0.3) is 0 Å². The van der Waals surface area contributed by atoms with Crippen molar-refractivity contribution in [1.29, 1.82) is 0 Å². The van der Waals surface area contributed by atoms with Crippen LogP contribution in [0.2, 0.25) is 0 Å². The fraction of sp³-hybridized carbons (Fsp3) is 0.778. The number of guanidine groups is 1. The number of unbranched alkanes of at least 4 members (excludes halogenated alkanes) is 1. The van der Waals surface area contributed by atoms with Crippen LogP contribution in [0.3, 0.4) is 0 Å². The molecule has 0 radical (unpaired) electrons. The van der Waals surface area contributed by atoms with Gasteiger partial charge in [0.15, 0.2) is 5.96 Å². The lowest BCUT2D eigenvalue weighted by Gasteiger charge is -2.25. The molecule has 4 nitrogen and oxygen atoms in total. The second-order valence-electron chi connectivity index (χ2n) is 7.19. The number of hydrogen-bond acceptors (Lipinski definition) is 3. The summed E-state index contributed by atoms with van der Waals surface area (Å²) < 4.78 is 0. The van der Waals surface area contributed by atoms with Gasteiger partial charge in [-0.05, 0) is 50.9 Å². The number of aromatic nitrogens is 1. The zero-order chi connectivity index (χ0) is 16.1. The van der Waals surface area contributed by atoms with E-state index in [0.29, 0.717) is 5.41 Å². The van der Waals surface area contributed by atoms with Crippen molar-refractivity contribution in [3.05, 3.63) is 16.1 Å². The molecule has 1 aliphatic heterocycles. The average Bonchev–Trinajstić information content (AvgIpc) is 3.27. The number of rotatable bonds is 5. The van der Waals surface area contributed by atoms with Crippen LogP contribution in [0.5, 0.6) is 0 Å². The maximum atomic E-state index is 4.53. The van der Waals surface area contributed by atoms with Crippen molar-refractivity contribution < 1.29 is 0 Å². The molecule has 0 amide bonds. The van der Waals surface area contributed by atoms with Crippen molar-refractivity contribution in [2.24, 2.45) is 10.4 Å². The van der Waals surface area contributed by atoms with E-state index in [4.69, 9.17) is 0 Å². The minimum atomic E-state index is 0. The lowest BCUT2D eigenvalue weighted by Crippen LogP contribution is -2.41. The smallest absolute Gasteiger partial charge is 0.193 e. The first-order valence-corrected chi connectivity index (χ1v) is 9.95. The summed E-state index contributed by atoms with van der Waals surface area (Å²) in [4.78, 5) is 11.5. The number of likely N-dealkylation sites (tertiary alicyclic amines) is 1. The fourth-order valence-electron chi connectivity index (χ4n) is 4.10. The molecule has 24 heavy (non-hydrogen) atoms. The summed E-state index contributed by atoms with van der Waals surface area (Å²) in [5, 5.41) is 6.98. The Morgan fingerprint density at radius 1 is 1.33 bits per heavy atom. The molecule has 136 valence electrons. The van der Waals surface area contributed by atoms with Crippen molar-refractivity contribution in [3.8, 4) is 0 Å². The topological polar surface area (TPSA) is 40.5 Å². The Kier molecular flexibility index (Phi) is 7.78. The predicted octanol–water partition coefficient (Wildman–Crippen LogP) is 4.23. The van der Waals surface area contributed by atoms with E-state index in [9.17, 15) is 0 Å². The van der Waals surface area contributed by atoms with Gasteiger partial charge in [-0.1, -0.05) is 12.8 Å². The molecule has 0 bridgehead atoms. The van der Waals surface area contributed by atoms with Gasteiger partial charge in [0.2, 0.25) is 0 Å². The summed E-state index contributed by atoms with van der Waals surface area (Å²) in [6, 6.07) is 0. The summed E-state index contributed by atoms with van der Waals surface area (Å²) in [6.45, 7) is 5.47. The quantitative estimate of drug-likeness (QED) is 0.308. The van der Waals surface area contributed by atoms with Gasteiger partial charge in [0, 0.05) is 37.8 Å². The van der Waals surface area contributed by atoms with Crippen LogP contribution in [0.1, 0.15) is 55.6 Å². The molecule has 1 aromatic rings. The molecule has 0 unspecified atom stereocenters. The molecule has 1 aliphatic carbocycles. The molecule has 1 spiro atoms. The van der Waals surface area contributed by atoms with Gasteiger partial charge < -0.3 is 10.2 Å². The Balaban J connectivity index is 0.00000208. The largest absolute Gasteiger partial charge is 0.356 e. The number of hydrogen-bond donors (Lipinski definition) is 1. The van der Waals surface area contributed by atoms with Gasteiger partial charge in [-0.15, -0.1) is 35.3 Å². The van der Waals surface area contributed by atoms with E-state index >= 15 is 0 Å².